The summed E-state index contributed by atoms with van der Waals surface area (Å²) in [4.78, 5) is 0. The van der Waals surface area contributed by atoms with E-state index in [1.807, 2.05) is 0 Å². The first kappa shape index (κ1) is 16.9. The van der Waals surface area contributed by atoms with Crippen LogP contribution in [0.5, 0.6) is 11.5 Å². The maximum atomic E-state index is 12.9. The molecule has 2 aromatic carbocycles. The fourth-order valence-corrected chi connectivity index (χ4v) is 4.39. The largest absolute Gasteiger partial charge is 0.588 e. The molecular formula is C15H12Cl3O4P. The summed E-state index contributed by atoms with van der Waals surface area (Å²) in [6.45, 7) is 1.80. The lowest BCUT2D eigenvalue weighted by Gasteiger charge is -2.34. The number of fused-ring (bicyclic) bond motifs is 1. The van der Waals surface area contributed by atoms with Crippen LogP contribution in [0.15, 0.2) is 48.5 Å². The van der Waals surface area contributed by atoms with Crippen LogP contribution in [0.3, 0.4) is 0 Å². The molecule has 0 amide bonds. The van der Waals surface area contributed by atoms with Gasteiger partial charge in [0.1, 0.15) is 17.6 Å². The summed E-state index contributed by atoms with van der Waals surface area (Å²) in [5.41, 5.74) is 1.25. The number of aryl methyl sites for hydroxylation is 1. The Labute approximate surface area is 148 Å². The van der Waals surface area contributed by atoms with Gasteiger partial charge in [-0.3, -0.25) is 4.52 Å². The zero-order valence-corrected chi connectivity index (χ0v) is 15.1. The maximum Gasteiger partial charge on any atom is 0.588 e. The van der Waals surface area contributed by atoms with Crippen LogP contribution in [0.2, 0.25) is 0 Å². The molecule has 8 heteroatoms. The Morgan fingerprint density at radius 3 is 2.43 bits per heavy atom. The van der Waals surface area contributed by atoms with Gasteiger partial charge in [-0.15, -0.1) is 0 Å². The van der Waals surface area contributed by atoms with Crippen molar-refractivity contribution >= 4 is 42.6 Å². The van der Waals surface area contributed by atoms with Gasteiger partial charge in [0.05, 0.1) is 0 Å². The molecule has 23 heavy (non-hydrogen) atoms. The van der Waals surface area contributed by atoms with Crippen LogP contribution in [0.25, 0.3) is 0 Å². The zero-order valence-electron chi connectivity index (χ0n) is 11.9. The Bertz CT molecular complexity index is 761. The van der Waals surface area contributed by atoms with Crippen molar-refractivity contribution < 1.29 is 18.1 Å². The molecule has 0 spiro atoms. The van der Waals surface area contributed by atoms with Gasteiger partial charge in [-0.25, -0.2) is 4.57 Å². The van der Waals surface area contributed by atoms with E-state index in [0.717, 1.165) is 5.56 Å². The lowest BCUT2D eigenvalue weighted by molar-refractivity contribution is 0.125. The smallest absolute Gasteiger partial charge is 0.395 e. The number of phosphoric acid groups is 1. The highest BCUT2D eigenvalue weighted by atomic mass is 35.6. The van der Waals surface area contributed by atoms with Gasteiger partial charge in [0, 0.05) is 5.56 Å². The van der Waals surface area contributed by atoms with Crippen molar-refractivity contribution in [1.29, 1.82) is 0 Å². The second kappa shape index (κ2) is 6.19. The van der Waals surface area contributed by atoms with Crippen molar-refractivity contribution in [3.8, 4) is 11.5 Å². The molecule has 0 N–H and O–H groups in total. The normalized spacial score (nSPS) is 23.7. The second-order valence-corrected chi connectivity index (χ2v) is 8.80. The van der Waals surface area contributed by atoms with Crippen LogP contribution in [0, 0.1) is 6.92 Å². The second-order valence-electron chi connectivity index (χ2n) is 4.96. The van der Waals surface area contributed by atoms with Crippen LogP contribution >= 0.6 is 42.6 Å². The summed E-state index contributed by atoms with van der Waals surface area (Å²) < 4.78 is 27.5. The molecular weight excluding hydrogens is 381 g/mol. The Balaban J connectivity index is 2.03. The average molecular weight is 394 g/mol. The number of benzene rings is 2. The molecule has 122 valence electrons. The Morgan fingerprint density at radius 2 is 1.78 bits per heavy atom. The molecule has 0 fully saturated rings. The molecule has 0 bridgehead atoms. The van der Waals surface area contributed by atoms with Gasteiger partial charge in [0.2, 0.25) is 3.79 Å². The average Bonchev–Trinajstić information content (AvgIpc) is 2.47. The Kier molecular flexibility index (Phi) is 4.56. The van der Waals surface area contributed by atoms with E-state index in [1.54, 1.807) is 55.5 Å². The van der Waals surface area contributed by atoms with Gasteiger partial charge in [-0.2, -0.15) is 0 Å². The first-order chi connectivity index (χ1) is 10.8. The quantitative estimate of drug-likeness (QED) is 0.463. The molecule has 3 rings (SSSR count). The highest BCUT2D eigenvalue weighted by Gasteiger charge is 2.49. The van der Waals surface area contributed by atoms with Crippen LogP contribution in [-0.2, 0) is 9.09 Å². The van der Waals surface area contributed by atoms with E-state index in [1.165, 1.54) is 0 Å². The maximum absolute atomic E-state index is 12.9. The van der Waals surface area contributed by atoms with Crippen LogP contribution in [0.4, 0.5) is 0 Å². The van der Waals surface area contributed by atoms with Crippen molar-refractivity contribution in [2.45, 2.75) is 16.8 Å². The molecule has 0 aliphatic carbocycles. The minimum atomic E-state index is -4.00. The van der Waals surface area contributed by atoms with E-state index in [4.69, 9.17) is 48.4 Å². The highest BCUT2D eigenvalue weighted by Crippen LogP contribution is 2.63. The lowest BCUT2D eigenvalue weighted by Crippen LogP contribution is -2.26. The molecule has 2 atom stereocenters. The van der Waals surface area contributed by atoms with Crippen LogP contribution in [-0.4, -0.2) is 3.79 Å². The fourth-order valence-electron chi connectivity index (χ4n) is 2.21. The number of hydrogen-bond donors (Lipinski definition) is 0. The fraction of sp³-hybridized carbons (Fsp3) is 0.200. The SMILES string of the molecule is Cc1cccc2c1OP(=O)(Oc1ccccc1)OC2C(Cl)(Cl)Cl. The molecule has 4 nitrogen and oxygen atoms in total. The highest BCUT2D eigenvalue weighted by molar-refractivity contribution is 7.49. The summed E-state index contributed by atoms with van der Waals surface area (Å²) in [6, 6.07) is 13.8. The van der Waals surface area contributed by atoms with Crippen molar-refractivity contribution in [2.24, 2.45) is 0 Å². The number of rotatable bonds is 2. The minimum absolute atomic E-state index is 0.330. The molecule has 0 saturated carbocycles. The third-order valence-electron chi connectivity index (χ3n) is 3.22. The molecule has 0 saturated heterocycles. The molecule has 1 aliphatic heterocycles. The van der Waals surface area contributed by atoms with Crippen molar-refractivity contribution in [2.75, 3.05) is 0 Å². The number of hydrogen-bond acceptors (Lipinski definition) is 4. The molecule has 0 radical (unpaired) electrons. The van der Waals surface area contributed by atoms with Gasteiger partial charge in [0.15, 0.2) is 0 Å². The van der Waals surface area contributed by atoms with E-state index in [9.17, 15) is 4.57 Å². The summed E-state index contributed by atoms with van der Waals surface area (Å²) in [5.74, 6) is 0.672. The molecule has 1 aliphatic rings. The molecule has 2 aromatic rings. The summed E-state index contributed by atoms with van der Waals surface area (Å²) in [7, 11) is -4.00. The summed E-state index contributed by atoms with van der Waals surface area (Å²) in [5, 5.41) is 0. The Morgan fingerprint density at radius 1 is 1.09 bits per heavy atom. The van der Waals surface area contributed by atoms with E-state index >= 15 is 0 Å². The minimum Gasteiger partial charge on any atom is -0.395 e. The van der Waals surface area contributed by atoms with E-state index in [2.05, 4.69) is 0 Å². The molecule has 0 aromatic heterocycles. The monoisotopic (exact) mass is 392 g/mol. The van der Waals surface area contributed by atoms with Crippen molar-refractivity contribution in [1.82, 2.24) is 0 Å². The van der Waals surface area contributed by atoms with Crippen molar-refractivity contribution in [3.05, 3.63) is 59.7 Å². The summed E-state index contributed by atoms with van der Waals surface area (Å²) >= 11 is 18.0. The van der Waals surface area contributed by atoms with Gasteiger partial charge >= 0.3 is 7.82 Å². The standard InChI is InChI=1S/C15H12Cl3O4P/c1-10-6-5-9-12-13(10)21-23(19,22-14(12)15(16,17)18)20-11-7-3-2-4-8-11/h2-9,14H,1H3. The van der Waals surface area contributed by atoms with E-state index < -0.39 is 17.7 Å². The van der Waals surface area contributed by atoms with E-state index in [-0.39, 0.29) is 0 Å². The topological polar surface area (TPSA) is 44.8 Å². The first-order valence-corrected chi connectivity index (χ1v) is 9.27. The third kappa shape index (κ3) is 3.62. The molecule has 1 heterocycles. The van der Waals surface area contributed by atoms with E-state index in [0.29, 0.717) is 17.1 Å². The number of para-hydroxylation sites is 2. The van der Waals surface area contributed by atoms with Crippen LogP contribution < -0.4 is 9.05 Å². The summed E-state index contributed by atoms with van der Waals surface area (Å²) in [6.07, 6.45) is -1.08. The predicted molar refractivity (Wildman–Crippen MR) is 90.6 cm³/mol. The van der Waals surface area contributed by atoms with Crippen LogP contribution in [0.1, 0.15) is 17.2 Å². The van der Waals surface area contributed by atoms with Gasteiger partial charge in [-0.05, 0) is 24.6 Å². The number of phosphoric ester groups is 1. The number of halogens is 3. The Hall–Kier alpha value is -0.900. The van der Waals surface area contributed by atoms with Crippen molar-refractivity contribution in [3.63, 3.8) is 0 Å². The third-order valence-corrected chi connectivity index (χ3v) is 5.12. The first-order valence-electron chi connectivity index (χ1n) is 6.67. The lowest BCUT2D eigenvalue weighted by atomic mass is 10.1. The van der Waals surface area contributed by atoms with Gasteiger partial charge in [-0.1, -0.05) is 71.2 Å². The molecule has 2 unspecified atom stereocenters. The number of alkyl halides is 3. The van der Waals surface area contributed by atoms with Gasteiger partial charge in [0.25, 0.3) is 0 Å². The predicted octanol–water partition coefficient (Wildman–Crippen LogP) is 6.00. The van der Waals surface area contributed by atoms with Gasteiger partial charge < -0.3 is 9.05 Å². The zero-order chi connectivity index (χ0) is 16.7.